The Balaban J connectivity index is 2.25. The first-order valence-electron chi connectivity index (χ1n) is 10.8. The highest BCUT2D eigenvalue weighted by molar-refractivity contribution is 8.13. The van der Waals surface area contributed by atoms with Gasteiger partial charge in [0.05, 0.1) is 22.5 Å². The molecule has 1 unspecified atom stereocenters. The third-order valence-corrected chi connectivity index (χ3v) is 7.52. The van der Waals surface area contributed by atoms with Crippen LogP contribution in [0.3, 0.4) is 0 Å². The molecule has 1 aliphatic rings. The fourth-order valence-electron chi connectivity index (χ4n) is 2.73. The van der Waals surface area contributed by atoms with Gasteiger partial charge in [-0.2, -0.15) is 0 Å². The Hall–Kier alpha value is -0.870. The van der Waals surface area contributed by atoms with Crippen molar-refractivity contribution >= 4 is 53.8 Å². The molecule has 2 heterocycles. The van der Waals surface area contributed by atoms with Crippen molar-refractivity contribution in [3.63, 3.8) is 0 Å². The zero-order chi connectivity index (χ0) is 27.3. The van der Waals surface area contributed by atoms with Crippen LogP contribution in [0.1, 0.15) is 29.7 Å². The number of aliphatic hydroxyl groups excluding tert-OH is 1. The van der Waals surface area contributed by atoms with E-state index in [2.05, 4.69) is 4.98 Å². The summed E-state index contributed by atoms with van der Waals surface area (Å²) in [6.45, 7) is 0.154. The van der Waals surface area contributed by atoms with E-state index < -0.39 is 44.0 Å². The maximum atomic E-state index is 13.2. The Morgan fingerprint density at radius 3 is 2.35 bits per heavy atom. The number of hydrogen-bond acceptors (Lipinski definition) is 13. The minimum Gasteiger partial charge on any atom is -0.387 e. The first-order valence-corrected chi connectivity index (χ1v) is 13.7. The Morgan fingerprint density at radius 2 is 1.85 bits per heavy atom. The third-order valence-electron chi connectivity index (χ3n) is 4.32. The summed E-state index contributed by atoms with van der Waals surface area (Å²) >= 11 is 6.81. The molecule has 2 rings (SSSR count). The van der Waals surface area contributed by atoms with Crippen molar-refractivity contribution in [2.45, 2.75) is 44.8 Å². The topological polar surface area (TPSA) is 166 Å². The van der Waals surface area contributed by atoms with Gasteiger partial charge in [0.15, 0.2) is 21.2 Å². The Bertz CT molecular complexity index is 1090. The summed E-state index contributed by atoms with van der Waals surface area (Å²) in [4.78, 5) is 36.0. The quantitative estimate of drug-likeness (QED) is 0.192. The van der Waals surface area contributed by atoms with Crippen LogP contribution in [0.2, 0.25) is 0 Å². The van der Waals surface area contributed by atoms with E-state index in [4.69, 9.17) is 33.3 Å². The molecule has 192 valence electrons. The number of carbonyl (C=O) groups is 2. The Kier molecular flexibility index (Phi) is 9.94. The van der Waals surface area contributed by atoms with E-state index in [0.29, 0.717) is 0 Å². The van der Waals surface area contributed by atoms with Crippen LogP contribution < -0.4 is 5.56 Å². The zero-order valence-electron chi connectivity index (χ0n) is 20.5. The molecule has 16 heteroatoms. The van der Waals surface area contributed by atoms with E-state index in [-0.39, 0.29) is 39.7 Å². The van der Waals surface area contributed by atoms with Gasteiger partial charge in [-0.05, 0) is 19.1 Å². The number of aliphatic hydroxyl groups is 2. The molecule has 12 nitrogen and oxygen atoms in total. The van der Waals surface area contributed by atoms with Crippen molar-refractivity contribution in [3.8, 4) is 0 Å². The van der Waals surface area contributed by atoms with Gasteiger partial charge in [0, 0.05) is 37.6 Å². The fraction of sp³-hybridized carbons (Fsp3) is 0.667. The summed E-state index contributed by atoms with van der Waals surface area (Å²) in [5, 5.41) is 21.2. The summed E-state index contributed by atoms with van der Waals surface area (Å²) < 4.78 is 51.8. The smallest absolute Gasteiger partial charge is 0.387 e. The standard InChI is InChI=1S/C18H27N2O10PS3/c1-11(21)33-8-6-27-31(26,28-7-9-34-12(2)22)29-10-13-15(24)18(3,25)16(30-13)20-5-4-14(23)19-17(20)32/h4-5,13,15-16,24-25H,6-10H2,1-3H3,(H,19,23,32)/t13-,15+,16-,18?/m1/s1/i10D2. The van der Waals surface area contributed by atoms with Crippen molar-refractivity contribution in [3.05, 3.63) is 27.4 Å². The Labute approximate surface area is 212 Å². The van der Waals surface area contributed by atoms with E-state index in [1.807, 2.05) is 0 Å². The molecule has 0 aliphatic carbocycles. The number of phosphoric acid groups is 1. The molecule has 0 saturated carbocycles. The van der Waals surface area contributed by atoms with Crippen molar-refractivity contribution in [2.24, 2.45) is 0 Å². The van der Waals surface area contributed by atoms with E-state index in [1.54, 1.807) is 0 Å². The maximum absolute atomic E-state index is 13.2. The predicted octanol–water partition coefficient (Wildman–Crippen LogP) is 1.63. The van der Waals surface area contributed by atoms with Crippen molar-refractivity contribution in [1.29, 1.82) is 0 Å². The number of aromatic nitrogens is 2. The molecule has 0 aromatic carbocycles. The fourth-order valence-corrected chi connectivity index (χ4v) is 5.19. The lowest BCUT2D eigenvalue weighted by atomic mass is 9.96. The van der Waals surface area contributed by atoms with Gasteiger partial charge < -0.3 is 14.9 Å². The minimum absolute atomic E-state index is 0.0705. The molecule has 3 N–H and O–H groups in total. The highest BCUT2D eigenvalue weighted by atomic mass is 32.2. The van der Waals surface area contributed by atoms with Crippen LogP contribution in [0.4, 0.5) is 0 Å². The largest absolute Gasteiger partial charge is 0.474 e. The second-order valence-electron chi connectivity index (χ2n) is 7.10. The number of aromatic amines is 1. The molecule has 0 spiro atoms. The van der Waals surface area contributed by atoms with Gasteiger partial charge in [-0.1, -0.05) is 23.5 Å². The second kappa shape index (κ2) is 12.9. The van der Waals surface area contributed by atoms with Gasteiger partial charge in [0.2, 0.25) is 0 Å². The van der Waals surface area contributed by atoms with Gasteiger partial charge in [-0.15, -0.1) is 0 Å². The van der Waals surface area contributed by atoms with Gasteiger partial charge >= 0.3 is 7.82 Å². The maximum Gasteiger partial charge on any atom is 0.474 e. The average molecular weight is 561 g/mol. The summed E-state index contributed by atoms with van der Waals surface area (Å²) in [6, 6.07) is 1.09. The highest BCUT2D eigenvalue weighted by Crippen LogP contribution is 2.50. The molecule has 0 radical (unpaired) electrons. The second-order valence-corrected chi connectivity index (χ2v) is 11.6. The molecular weight excluding hydrogens is 531 g/mol. The van der Waals surface area contributed by atoms with Crippen LogP contribution in [0.25, 0.3) is 0 Å². The van der Waals surface area contributed by atoms with E-state index in [0.717, 1.165) is 41.1 Å². The van der Waals surface area contributed by atoms with Crippen LogP contribution in [0.5, 0.6) is 0 Å². The molecule has 1 aromatic rings. The monoisotopic (exact) mass is 560 g/mol. The lowest BCUT2D eigenvalue weighted by Gasteiger charge is -2.28. The molecular formula is C18H27N2O10PS3. The van der Waals surface area contributed by atoms with E-state index >= 15 is 0 Å². The number of thioether (sulfide) groups is 2. The molecule has 1 fully saturated rings. The number of ether oxygens (including phenoxy) is 1. The highest BCUT2D eigenvalue weighted by Gasteiger charge is 2.53. The van der Waals surface area contributed by atoms with Gasteiger partial charge in [0.1, 0.15) is 17.8 Å². The predicted molar refractivity (Wildman–Crippen MR) is 128 cm³/mol. The molecule has 0 amide bonds. The van der Waals surface area contributed by atoms with Crippen molar-refractivity contribution < 1.29 is 45.4 Å². The lowest BCUT2D eigenvalue weighted by molar-refractivity contribution is -0.109. The molecule has 1 saturated heterocycles. The van der Waals surface area contributed by atoms with Crippen molar-refractivity contribution in [1.82, 2.24) is 9.55 Å². The summed E-state index contributed by atoms with van der Waals surface area (Å²) in [7, 11) is -4.66. The first kappa shape index (κ1) is 26.2. The van der Waals surface area contributed by atoms with Gasteiger partial charge in [-0.3, -0.25) is 37.5 Å². The third kappa shape index (κ3) is 8.36. The summed E-state index contributed by atoms with van der Waals surface area (Å²) in [6.07, 6.45) is -4.09. The normalized spacial score (nSPS) is 26.2. The number of hydrogen-bond donors (Lipinski definition) is 3. The number of nitrogens with one attached hydrogen (secondary N) is 1. The number of nitrogens with zero attached hydrogens (tertiary/aromatic N) is 1. The summed E-state index contributed by atoms with van der Waals surface area (Å²) in [5.41, 5.74) is -2.65. The average Bonchev–Trinajstić information content (AvgIpc) is 2.98. The zero-order valence-corrected chi connectivity index (χ0v) is 21.8. The van der Waals surface area contributed by atoms with E-state index in [1.165, 1.54) is 20.0 Å². The van der Waals surface area contributed by atoms with Crippen molar-refractivity contribution in [2.75, 3.05) is 31.3 Å². The number of carbonyl (C=O) groups excluding carboxylic acids is 2. The van der Waals surface area contributed by atoms with Crippen LogP contribution >= 0.6 is 43.6 Å². The Morgan fingerprint density at radius 1 is 1.29 bits per heavy atom. The molecule has 1 aliphatic heterocycles. The van der Waals surface area contributed by atoms with Crippen LogP contribution in [-0.2, 0) is 32.5 Å². The van der Waals surface area contributed by atoms with Gasteiger partial charge in [0.25, 0.3) is 5.56 Å². The molecule has 34 heavy (non-hydrogen) atoms. The van der Waals surface area contributed by atoms with Crippen LogP contribution in [-0.4, -0.2) is 79.1 Å². The summed E-state index contributed by atoms with van der Waals surface area (Å²) in [5.74, 6) is 0.141. The first-order chi connectivity index (χ1) is 16.6. The minimum atomic E-state index is -4.66. The SMILES string of the molecule is [2H]C([2H])(OP(=O)(OCCSC(C)=O)OCCSC(C)=O)[C@H]1O[C@@H](n2ccc(=O)[nH]c2=S)C(C)(O)[C@H]1O. The van der Waals surface area contributed by atoms with E-state index in [9.17, 15) is 29.2 Å². The lowest BCUT2D eigenvalue weighted by Crippen LogP contribution is -2.44. The molecule has 0 bridgehead atoms. The number of H-pyrrole nitrogens is 1. The molecule has 1 aromatic heterocycles. The number of phosphoric ester groups is 1. The number of rotatable bonds is 12. The van der Waals surface area contributed by atoms with Gasteiger partial charge in [-0.25, -0.2) is 4.57 Å². The molecule has 4 atom stereocenters. The van der Waals surface area contributed by atoms with Crippen LogP contribution in [0.15, 0.2) is 17.1 Å². The van der Waals surface area contributed by atoms with Crippen LogP contribution in [0, 0.1) is 4.77 Å².